The fourth-order valence-electron chi connectivity index (χ4n) is 4.16. The van der Waals surface area contributed by atoms with E-state index in [2.05, 4.69) is 36.9 Å². The summed E-state index contributed by atoms with van der Waals surface area (Å²) in [5.41, 5.74) is 3.09. The van der Waals surface area contributed by atoms with Gasteiger partial charge in [-0.1, -0.05) is 67.2 Å². The van der Waals surface area contributed by atoms with Gasteiger partial charge in [-0.15, -0.1) is 0 Å². The number of fused-ring (bicyclic) bond motifs is 2. The summed E-state index contributed by atoms with van der Waals surface area (Å²) >= 11 is 0. The molecule has 1 aliphatic rings. The van der Waals surface area contributed by atoms with Crippen molar-refractivity contribution in [2.75, 3.05) is 0 Å². The Morgan fingerprint density at radius 3 is 2.36 bits per heavy atom. The van der Waals surface area contributed by atoms with E-state index in [1.165, 1.54) is 0 Å². The van der Waals surface area contributed by atoms with Crippen molar-refractivity contribution in [2.24, 2.45) is 0 Å². The predicted octanol–water partition coefficient (Wildman–Crippen LogP) is 5.82. The third kappa shape index (κ3) is 2.13. The molecule has 0 aliphatic heterocycles. The Kier molecular flexibility index (Phi) is 3.53. The van der Waals surface area contributed by atoms with Crippen molar-refractivity contribution in [3.63, 3.8) is 0 Å². The lowest BCUT2D eigenvalue weighted by molar-refractivity contribution is -0.149. The highest BCUT2D eigenvalue weighted by Gasteiger charge is 2.48. The molecule has 3 aromatic carbocycles. The first-order valence-corrected chi connectivity index (χ1v) is 9.18. The molecule has 4 aromatic rings. The average molecular weight is 366 g/mol. The highest BCUT2D eigenvalue weighted by molar-refractivity contribution is 6.04. The van der Waals surface area contributed by atoms with E-state index in [0.717, 1.165) is 33.0 Å². The van der Waals surface area contributed by atoms with Crippen molar-refractivity contribution in [3.05, 3.63) is 108 Å². The number of esters is 1. The van der Waals surface area contributed by atoms with E-state index in [4.69, 9.17) is 9.15 Å². The molecule has 0 amide bonds. The van der Waals surface area contributed by atoms with Crippen LogP contribution in [-0.4, -0.2) is 5.97 Å². The van der Waals surface area contributed by atoms with Crippen LogP contribution < -0.4 is 0 Å². The monoisotopic (exact) mass is 366 g/mol. The van der Waals surface area contributed by atoms with Crippen molar-refractivity contribution >= 4 is 16.7 Å². The number of rotatable bonds is 3. The van der Waals surface area contributed by atoms with Gasteiger partial charge in [0.1, 0.15) is 0 Å². The van der Waals surface area contributed by atoms with Gasteiger partial charge in [-0.25, -0.2) is 4.79 Å². The second-order valence-electron chi connectivity index (χ2n) is 7.08. The first-order valence-electron chi connectivity index (χ1n) is 9.18. The summed E-state index contributed by atoms with van der Waals surface area (Å²) in [6, 6.07) is 24.0. The third-order valence-corrected chi connectivity index (χ3v) is 5.34. The second kappa shape index (κ2) is 5.96. The van der Waals surface area contributed by atoms with Crippen LogP contribution in [0.25, 0.3) is 21.9 Å². The standard InChI is InChI=1S/C25H18O3/c1-16(2)24(26)28-25(22-14-7-15-27-22)20-12-4-3-10-18(20)19-11-5-8-17-9-6-13-21(25)23(17)19/h3-15H,1H2,2H3. The minimum absolute atomic E-state index is 0.342. The van der Waals surface area contributed by atoms with Gasteiger partial charge in [-0.2, -0.15) is 0 Å². The second-order valence-corrected chi connectivity index (χ2v) is 7.08. The van der Waals surface area contributed by atoms with Crippen LogP contribution >= 0.6 is 0 Å². The lowest BCUT2D eigenvalue weighted by Gasteiger charge is -2.38. The Labute approximate surface area is 162 Å². The summed E-state index contributed by atoms with van der Waals surface area (Å²) in [5.74, 6) is 0.110. The maximum atomic E-state index is 12.8. The number of benzene rings is 3. The minimum Gasteiger partial charge on any atom is -0.464 e. The number of ether oxygens (including phenoxy) is 1. The van der Waals surface area contributed by atoms with Crippen LogP contribution in [0.4, 0.5) is 0 Å². The summed E-state index contributed by atoms with van der Waals surface area (Å²) in [5, 5.41) is 2.15. The van der Waals surface area contributed by atoms with Gasteiger partial charge in [0, 0.05) is 16.7 Å². The largest absolute Gasteiger partial charge is 0.464 e. The lowest BCUT2D eigenvalue weighted by atomic mass is 9.72. The molecular weight excluding hydrogens is 348 g/mol. The quantitative estimate of drug-likeness (QED) is 0.338. The molecule has 3 nitrogen and oxygen atoms in total. The molecule has 1 heterocycles. The molecule has 3 heteroatoms. The van der Waals surface area contributed by atoms with Gasteiger partial charge in [-0.3, -0.25) is 0 Å². The molecule has 5 rings (SSSR count). The molecular formula is C25H18O3. The molecule has 1 aromatic heterocycles. The summed E-state index contributed by atoms with van der Waals surface area (Å²) < 4.78 is 12.1. The fraction of sp³-hybridized carbons (Fsp3) is 0.0800. The SMILES string of the molecule is C=C(C)C(=O)OC1(c2ccco2)c2ccccc2-c2cccc3cccc1c23. The Morgan fingerprint density at radius 1 is 0.893 bits per heavy atom. The van der Waals surface area contributed by atoms with E-state index in [9.17, 15) is 4.79 Å². The molecule has 1 atom stereocenters. The van der Waals surface area contributed by atoms with Gasteiger partial charge >= 0.3 is 5.97 Å². The first-order chi connectivity index (χ1) is 13.6. The number of furan rings is 1. The minimum atomic E-state index is -1.18. The number of hydrogen-bond acceptors (Lipinski definition) is 3. The predicted molar refractivity (Wildman–Crippen MR) is 109 cm³/mol. The Hall–Kier alpha value is -3.59. The highest BCUT2D eigenvalue weighted by atomic mass is 16.6. The van der Waals surface area contributed by atoms with Crippen LogP contribution in [0, 0.1) is 0 Å². The summed E-state index contributed by atoms with van der Waals surface area (Å²) in [7, 11) is 0. The summed E-state index contributed by atoms with van der Waals surface area (Å²) in [6.45, 7) is 5.43. The van der Waals surface area contributed by atoms with E-state index < -0.39 is 11.6 Å². The summed E-state index contributed by atoms with van der Waals surface area (Å²) in [6.07, 6.45) is 1.61. The smallest absolute Gasteiger partial charge is 0.334 e. The Bertz CT molecular complexity index is 1230. The Morgan fingerprint density at radius 2 is 1.61 bits per heavy atom. The zero-order chi connectivity index (χ0) is 19.3. The van der Waals surface area contributed by atoms with Crippen LogP contribution in [0.1, 0.15) is 23.8 Å². The van der Waals surface area contributed by atoms with Crippen molar-refractivity contribution in [2.45, 2.75) is 12.5 Å². The van der Waals surface area contributed by atoms with E-state index >= 15 is 0 Å². The fourth-order valence-corrected chi connectivity index (χ4v) is 4.16. The van der Waals surface area contributed by atoms with E-state index in [1.54, 1.807) is 13.2 Å². The molecule has 0 radical (unpaired) electrons. The van der Waals surface area contributed by atoms with Crippen molar-refractivity contribution in [3.8, 4) is 11.1 Å². The van der Waals surface area contributed by atoms with E-state index in [0.29, 0.717) is 11.3 Å². The lowest BCUT2D eigenvalue weighted by Crippen LogP contribution is -2.37. The molecule has 0 N–H and O–H groups in total. The molecule has 0 saturated heterocycles. The van der Waals surface area contributed by atoms with Gasteiger partial charge < -0.3 is 9.15 Å². The molecule has 0 spiro atoms. The van der Waals surface area contributed by atoms with Crippen molar-refractivity contribution in [1.29, 1.82) is 0 Å². The molecule has 0 fully saturated rings. The van der Waals surface area contributed by atoms with Gasteiger partial charge in [0.25, 0.3) is 0 Å². The first kappa shape index (κ1) is 16.6. The molecule has 1 aliphatic carbocycles. The average Bonchev–Trinajstić information content (AvgIpc) is 3.26. The van der Waals surface area contributed by atoms with Gasteiger partial charge in [0.2, 0.25) is 5.60 Å². The normalized spacial score (nSPS) is 17.2. The zero-order valence-corrected chi connectivity index (χ0v) is 15.4. The van der Waals surface area contributed by atoms with Crippen LogP contribution in [-0.2, 0) is 15.1 Å². The number of carbonyl (C=O) groups is 1. The molecule has 136 valence electrons. The van der Waals surface area contributed by atoms with Gasteiger partial charge in [-0.05, 0) is 41.0 Å². The maximum Gasteiger partial charge on any atom is 0.334 e. The van der Waals surface area contributed by atoms with E-state index in [-0.39, 0.29) is 0 Å². The summed E-state index contributed by atoms with van der Waals surface area (Å²) in [4.78, 5) is 12.8. The van der Waals surface area contributed by atoms with Crippen LogP contribution in [0.2, 0.25) is 0 Å². The molecule has 1 unspecified atom stereocenters. The molecule has 0 bridgehead atoms. The van der Waals surface area contributed by atoms with Crippen molar-refractivity contribution < 1.29 is 13.9 Å². The van der Waals surface area contributed by atoms with Crippen molar-refractivity contribution in [1.82, 2.24) is 0 Å². The zero-order valence-electron chi connectivity index (χ0n) is 15.4. The van der Waals surface area contributed by atoms with Crippen LogP contribution in [0.15, 0.2) is 95.6 Å². The Balaban J connectivity index is 1.97. The molecule has 28 heavy (non-hydrogen) atoms. The van der Waals surface area contributed by atoms with E-state index in [1.807, 2.05) is 42.5 Å². The van der Waals surface area contributed by atoms with Gasteiger partial charge in [0.05, 0.1) is 6.26 Å². The maximum absolute atomic E-state index is 12.8. The van der Waals surface area contributed by atoms with Gasteiger partial charge in [0.15, 0.2) is 5.76 Å². The molecule has 0 saturated carbocycles. The number of hydrogen-bond donors (Lipinski definition) is 0. The number of carbonyl (C=O) groups excluding carboxylic acids is 1. The van der Waals surface area contributed by atoms with Crippen LogP contribution in [0.3, 0.4) is 0 Å². The van der Waals surface area contributed by atoms with Crippen LogP contribution in [0.5, 0.6) is 0 Å². The third-order valence-electron chi connectivity index (χ3n) is 5.34. The topological polar surface area (TPSA) is 39.4 Å². The highest BCUT2D eigenvalue weighted by Crippen LogP contribution is 2.52.